The van der Waals surface area contributed by atoms with E-state index >= 15 is 0 Å². The molecule has 1 aromatic rings. The van der Waals surface area contributed by atoms with Crippen LogP contribution in [-0.2, 0) is 0 Å². The van der Waals surface area contributed by atoms with Crippen molar-refractivity contribution in [3.8, 4) is 17.7 Å². The van der Waals surface area contributed by atoms with Crippen LogP contribution in [0.15, 0.2) is 12.1 Å². The molecule has 1 aromatic heterocycles. The van der Waals surface area contributed by atoms with Crippen molar-refractivity contribution < 1.29 is 4.74 Å². The van der Waals surface area contributed by atoms with E-state index < -0.39 is 0 Å². The molecule has 0 aliphatic heterocycles. The van der Waals surface area contributed by atoms with Gasteiger partial charge >= 0.3 is 0 Å². The number of rotatable bonds is 1. The molecule has 1 rings (SSSR count). The van der Waals surface area contributed by atoms with Gasteiger partial charge in [-0.2, -0.15) is 0 Å². The number of hydrogen-bond acceptors (Lipinski definition) is 2. The van der Waals surface area contributed by atoms with E-state index in [4.69, 9.17) is 17.0 Å². The molecule has 0 amide bonds. The number of ether oxygens (including phenoxy) is 1. The van der Waals surface area contributed by atoms with Gasteiger partial charge in [-0.1, -0.05) is 37.9 Å². The Morgan fingerprint density at radius 2 is 2.14 bits per heavy atom. The average Bonchev–Trinajstić information content (AvgIpc) is 2.15. The topological polar surface area (TPSA) is 25.0 Å². The average molecular weight is 207 g/mol. The first-order chi connectivity index (χ1) is 6.63. The number of hydrogen-bond donors (Lipinski definition) is 1. The molecule has 0 saturated heterocycles. The molecule has 1 heterocycles. The summed E-state index contributed by atoms with van der Waals surface area (Å²) in [5.74, 6) is 7.10. The summed E-state index contributed by atoms with van der Waals surface area (Å²) in [6.45, 7) is 4.09. The van der Waals surface area contributed by atoms with Gasteiger partial charge in [-0.15, -0.1) is 0 Å². The zero-order chi connectivity index (χ0) is 10.6. The van der Waals surface area contributed by atoms with E-state index in [0.29, 0.717) is 16.4 Å². The quantitative estimate of drug-likeness (QED) is 0.566. The fourth-order valence-electron chi connectivity index (χ4n) is 0.895. The van der Waals surface area contributed by atoms with Crippen molar-refractivity contribution in [2.24, 2.45) is 5.92 Å². The zero-order valence-corrected chi connectivity index (χ0v) is 9.37. The molecule has 0 aliphatic carbocycles. The smallest absolute Gasteiger partial charge is 0.191 e. The van der Waals surface area contributed by atoms with Crippen LogP contribution >= 0.6 is 12.2 Å². The van der Waals surface area contributed by atoms with Gasteiger partial charge in [0.25, 0.3) is 0 Å². The van der Waals surface area contributed by atoms with E-state index in [1.54, 1.807) is 7.11 Å². The van der Waals surface area contributed by atoms with Gasteiger partial charge in [-0.25, -0.2) is 0 Å². The van der Waals surface area contributed by atoms with Gasteiger partial charge in [0, 0.05) is 5.92 Å². The summed E-state index contributed by atoms with van der Waals surface area (Å²) < 4.78 is 5.63. The third-order valence-electron chi connectivity index (χ3n) is 1.60. The largest absolute Gasteiger partial charge is 0.482 e. The Balaban J connectivity index is 3.03. The molecule has 0 aromatic carbocycles. The standard InChI is InChI=1S/C11H13NOS/c1-8(2)4-5-9-6-7-10(13-3)12-11(9)14/h6-8H,1-3H3,(H,12,14). The lowest BCUT2D eigenvalue weighted by Crippen LogP contribution is -1.89. The predicted octanol–water partition coefficient (Wildman–Crippen LogP) is 2.76. The first-order valence-corrected chi connectivity index (χ1v) is 4.83. The number of H-pyrrole nitrogens is 1. The minimum Gasteiger partial charge on any atom is -0.482 e. The number of aromatic amines is 1. The first kappa shape index (κ1) is 10.8. The third kappa shape index (κ3) is 2.90. The fourth-order valence-corrected chi connectivity index (χ4v) is 1.11. The second-order valence-electron chi connectivity index (χ2n) is 3.19. The van der Waals surface area contributed by atoms with Crippen LogP contribution in [0.25, 0.3) is 0 Å². The summed E-state index contributed by atoms with van der Waals surface area (Å²) in [5.41, 5.74) is 0.842. The Labute approximate surface area is 89.3 Å². The Morgan fingerprint density at radius 1 is 1.43 bits per heavy atom. The lowest BCUT2D eigenvalue weighted by atomic mass is 10.2. The summed E-state index contributed by atoms with van der Waals surface area (Å²) in [6, 6.07) is 3.69. The molecule has 2 nitrogen and oxygen atoms in total. The highest BCUT2D eigenvalue weighted by Crippen LogP contribution is 2.08. The third-order valence-corrected chi connectivity index (χ3v) is 1.92. The maximum absolute atomic E-state index is 5.12. The summed E-state index contributed by atoms with van der Waals surface area (Å²) in [5, 5.41) is 0. The number of nitrogens with one attached hydrogen (secondary N) is 1. The molecule has 0 saturated carbocycles. The van der Waals surface area contributed by atoms with Gasteiger partial charge < -0.3 is 9.72 Å². The van der Waals surface area contributed by atoms with Crippen LogP contribution in [0.5, 0.6) is 5.88 Å². The second-order valence-corrected chi connectivity index (χ2v) is 3.60. The number of pyridine rings is 1. The van der Waals surface area contributed by atoms with Crippen LogP contribution in [0.2, 0.25) is 0 Å². The molecule has 74 valence electrons. The van der Waals surface area contributed by atoms with E-state index in [1.807, 2.05) is 26.0 Å². The van der Waals surface area contributed by atoms with Gasteiger partial charge in [-0.05, 0) is 12.1 Å². The molecular formula is C11H13NOS. The van der Waals surface area contributed by atoms with Crippen molar-refractivity contribution in [3.63, 3.8) is 0 Å². The Kier molecular flexibility index (Phi) is 3.73. The molecule has 1 N–H and O–H groups in total. The molecular weight excluding hydrogens is 194 g/mol. The lowest BCUT2D eigenvalue weighted by molar-refractivity contribution is 0.397. The summed E-state index contributed by atoms with van der Waals surface area (Å²) in [4.78, 5) is 2.94. The van der Waals surface area contributed by atoms with E-state index in [1.165, 1.54) is 0 Å². The van der Waals surface area contributed by atoms with Crippen molar-refractivity contribution in [1.29, 1.82) is 0 Å². The monoisotopic (exact) mass is 207 g/mol. The fraction of sp³-hybridized carbons (Fsp3) is 0.364. The van der Waals surface area contributed by atoms with E-state index in [-0.39, 0.29) is 0 Å². The molecule has 0 unspecified atom stereocenters. The Morgan fingerprint density at radius 3 is 2.64 bits per heavy atom. The van der Waals surface area contributed by atoms with Crippen LogP contribution in [0, 0.1) is 22.4 Å². The van der Waals surface area contributed by atoms with Gasteiger partial charge in [0.15, 0.2) is 5.88 Å². The number of methoxy groups -OCH3 is 1. The minimum atomic E-state index is 0.353. The minimum absolute atomic E-state index is 0.353. The van der Waals surface area contributed by atoms with Crippen LogP contribution in [0.4, 0.5) is 0 Å². The SMILES string of the molecule is COc1ccc(C#CC(C)C)c(=S)[nH]1. The summed E-state index contributed by atoms with van der Waals surface area (Å²) in [7, 11) is 1.60. The van der Waals surface area contributed by atoms with E-state index in [9.17, 15) is 0 Å². The molecule has 0 fully saturated rings. The maximum Gasteiger partial charge on any atom is 0.191 e. The number of aromatic nitrogens is 1. The second kappa shape index (κ2) is 4.83. The normalized spacial score (nSPS) is 9.43. The molecule has 3 heteroatoms. The van der Waals surface area contributed by atoms with Crippen molar-refractivity contribution in [3.05, 3.63) is 22.3 Å². The molecule has 0 atom stereocenters. The van der Waals surface area contributed by atoms with Gasteiger partial charge in [0.1, 0.15) is 4.64 Å². The molecule has 14 heavy (non-hydrogen) atoms. The van der Waals surface area contributed by atoms with Crippen molar-refractivity contribution in [2.45, 2.75) is 13.8 Å². The predicted molar refractivity (Wildman–Crippen MR) is 59.9 cm³/mol. The highest BCUT2D eigenvalue weighted by Gasteiger charge is 1.94. The maximum atomic E-state index is 5.12. The molecule has 0 spiro atoms. The van der Waals surface area contributed by atoms with Gasteiger partial charge in [-0.3, -0.25) is 0 Å². The highest BCUT2D eigenvalue weighted by molar-refractivity contribution is 7.71. The molecule has 0 radical (unpaired) electrons. The van der Waals surface area contributed by atoms with Gasteiger partial charge in [0.2, 0.25) is 0 Å². The Hall–Kier alpha value is -1.27. The van der Waals surface area contributed by atoms with E-state index in [0.717, 1.165) is 5.56 Å². The highest BCUT2D eigenvalue weighted by atomic mass is 32.1. The molecule has 0 bridgehead atoms. The van der Waals surface area contributed by atoms with Crippen LogP contribution in [-0.4, -0.2) is 12.1 Å². The van der Waals surface area contributed by atoms with Crippen molar-refractivity contribution in [1.82, 2.24) is 4.98 Å². The van der Waals surface area contributed by atoms with Gasteiger partial charge in [0.05, 0.1) is 12.7 Å². The Bertz CT molecular complexity index is 423. The first-order valence-electron chi connectivity index (χ1n) is 4.42. The lowest BCUT2D eigenvalue weighted by Gasteiger charge is -1.99. The van der Waals surface area contributed by atoms with Crippen molar-refractivity contribution >= 4 is 12.2 Å². The van der Waals surface area contributed by atoms with Crippen LogP contribution in [0.1, 0.15) is 19.4 Å². The van der Waals surface area contributed by atoms with Crippen LogP contribution < -0.4 is 4.74 Å². The molecule has 0 aliphatic rings. The van der Waals surface area contributed by atoms with Crippen LogP contribution in [0.3, 0.4) is 0 Å². The zero-order valence-electron chi connectivity index (χ0n) is 8.55. The van der Waals surface area contributed by atoms with Crippen molar-refractivity contribution in [2.75, 3.05) is 7.11 Å². The van der Waals surface area contributed by atoms with E-state index in [2.05, 4.69) is 16.8 Å². The summed E-state index contributed by atoms with van der Waals surface area (Å²) >= 11 is 5.12. The summed E-state index contributed by atoms with van der Waals surface area (Å²) in [6.07, 6.45) is 0.